The summed E-state index contributed by atoms with van der Waals surface area (Å²) in [4.78, 5) is 11.7. The number of amides is 2. The molecule has 6 heteroatoms. The van der Waals surface area contributed by atoms with E-state index in [1.807, 2.05) is 13.8 Å². The average Bonchev–Trinajstić information content (AvgIpc) is 2.47. The van der Waals surface area contributed by atoms with Crippen LogP contribution in [-0.2, 0) is 0 Å². The monoisotopic (exact) mass is 314 g/mol. The first-order valence-electron chi connectivity index (χ1n) is 7.12. The molecule has 0 saturated carbocycles. The molecule has 0 fully saturated rings. The Morgan fingerprint density at radius 3 is 2.62 bits per heavy atom. The molecule has 2 atom stereocenters. The third-order valence-electron chi connectivity index (χ3n) is 3.01. The lowest BCUT2D eigenvalue weighted by atomic mass is 10.2. The highest BCUT2D eigenvalue weighted by molar-refractivity contribution is 6.30. The number of carbonyl (C=O) groups is 1. The molecule has 0 spiro atoms. The molecule has 0 aliphatic carbocycles. The Hall–Kier alpha value is -1.46. The molecule has 1 rings (SSSR count). The molecule has 1 aromatic rings. The van der Waals surface area contributed by atoms with Gasteiger partial charge in [-0.2, -0.15) is 0 Å². The number of carbonyl (C=O) groups excluding carboxylic acids is 1. The zero-order valence-electron chi connectivity index (χ0n) is 12.4. The van der Waals surface area contributed by atoms with E-state index < -0.39 is 0 Å². The van der Waals surface area contributed by atoms with Crippen LogP contribution in [-0.4, -0.2) is 36.4 Å². The number of aliphatic hydroxyl groups is 1. The topological polar surface area (TPSA) is 70.6 Å². The normalized spacial score (nSPS) is 13.3. The Morgan fingerprint density at radius 2 is 2.05 bits per heavy atom. The lowest BCUT2D eigenvalue weighted by molar-refractivity contribution is 0.203. The fourth-order valence-corrected chi connectivity index (χ4v) is 1.92. The van der Waals surface area contributed by atoms with Crippen molar-refractivity contribution in [3.05, 3.63) is 29.3 Å². The van der Waals surface area contributed by atoms with Crippen molar-refractivity contribution in [2.75, 3.05) is 13.2 Å². The number of urea groups is 1. The van der Waals surface area contributed by atoms with Crippen molar-refractivity contribution < 1.29 is 14.6 Å². The summed E-state index contributed by atoms with van der Waals surface area (Å²) in [6, 6.07) is 6.82. The third kappa shape index (κ3) is 7.20. The van der Waals surface area contributed by atoms with Crippen molar-refractivity contribution in [3.8, 4) is 5.75 Å². The predicted molar refractivity (Wildman–Crippen MR) is 83.9 cm³/mol. The fourth-order valence-electron chi connectivity index (χ4n) is 1.79. The summed E-state index contributed by atoms with van der Waals surface area (Å²) in [5, 5.41) is 15.1. The maximum atomic E-state index is 11.7. The highest BCUT2D eigenvalue weighted by atomic mass is 35.5. The van der Waals surface area contributed by atoms with Crippen LogP contribution in [0.25, 0.3) is 0 Å². The number of rotatable bonds is 8. The quantitative estimate of drug-likeness (QED) is 0.690. The molecule has 1 aromatic carbocycles. The summed E-state index contributed by atoms with van der Waals surface area (Å²) in [5.74, 6) is 0.709. The second-order valence-electron chi connectivity index (χ2n) is 4.85. The third-order valence-corrected chi connectivity index (χ3v) is 3.26. The molecule has 2 unspecified atom stereocenters. The van der Waals surface area contributed by atoms with E-state index in [1.54, 1.807) is 24.3 Å². The van der Waals surface area contributed by atoms with Crippen LogP contribution in [0.3, 0.4) is 0 Å². The lowest BCUT2D eigenvalue weighted by Crippen LogP contribution is -2.45. The molecule has 118 valence electrons. The van der Waals surface area contributed by atoms with Gasteiger partial charge in [-0.05, 0) is 44.0 Å². The van der Waals surface area contributed by atoms with Crippen LogP contribution < -0.4 is 15.4 Å². The second-order valence-corrected chi connectivity index (χ2v) is 5.29. The highest BCUT2D eigenvalue weighted by Gasteiger charge is 2.11. The maximum absolute atomic E-state index is 11.7. The van der Waals surface area contributed by atoms with E-state index in [9.17, 15) is 4.79 Å². The van der Waals surface area contributed by atoms with E-state index in [0.717, 1.165) is 6.42 Å². The maximum Gasteiger partial charge on any atom is 0.315 e. The lowest BCUT2D eigenvalue weighted by Gasteiger charge is -2.19. The molecule has 0 aliphatic rings. The van der Waals surface area contributed by atoms with E-state index >= 15 is 0 Å². The molecule has 21 heavy (non-hydrogen) atoms. The molecule has 0 heterocycles. The predicted octanol–water partition coefficient (Wildman–Crippen LogP) is 2.57. The van der Waals surface area contributed by atoms with Gasteiger partial charge < -0.3 is 20.5 Å². The van der Waals surface area contributed by atoms with Crippen molar-refractivity contribution in [1.29, 1.82) is 0 Å². The van der Waals surface area contributed by atoms with Crippen molar-refractivity contribution in [1.82, 2.24) is 10.6 Å². The van der Waals surface area contributed by atoms with Gasteiger partial charge in [-0.1, -0.05) is 18.5 Å². The van der Waals surface area contributed by atoms with Gasteiger partial charge in [0, 0.05) is 17.7 Å². The van der Waals surface area contributed by atoms with Crippen LogP contribution >= 0.6 is 11.6 Å². The van der Waals surface area contributed by atoms with E-state index in [-0.39, 0.29) is 24.8 Å². The van der Waals surface area contributed by atoms with E-state index in [2.05, 4.69) is 10.6 Å². The average molecular weight is 315 g/mol. The smallest absolute Gasteiger partial charge is 0.315 e. The molecule has 0 radical (unpaired) electrons. The van der Waals surface area contributed by atoms with Crippen LogP contribution in [0.15, 0.2) is 24.3 Å². The zero-order valence-corrected chi connectivity index (χ0v) is 13.2. The van der Waals surface area contributed by atoms with Crippen molar-refractivity contribution in [2.24, 2.45) is 0 Å². The molecule has 2 amide bonds. The number of halogens is 1. The standard InChI is InChI=1S/C15H23ClN2O3/c1-3-13(8-9-19)18-15(20)17-10-11(2)21-14-6-4-12(16)5-7-14/h4-7,11,13,19H,3,8-10H2,1-2H3,(H2,17,18,20). The molecule has 0 bridgehead atoms. The Kier molecular flexibility index (Phi) is 7.93. The fraction of sp³-hybridized carbons (Fsp3) is 0.533. The Balaban J connectivity index is 2.30. The van der Waals surface area contributed by atoms with Crippen molar-refractivity contribution in [2.45, 2.75) is 38.8 Å². The molecule has 5 nitrogen and oxygen atoms in total. The first-order chi connectivity index (χ1) is 10.0. The molecular weight excluding hydrogens is 292 g/mol. The molecule has 0 aromatic heterocycles. The highest BCUT2D eigenvalue weighted by Crippen LogP contribution is 2.16. The van der Waals surface area contributed by atoms with Crippen LogP contribution in [0.5, 0.6) is 5.75 Å². The summed E-state index contributed by atoms with van der Waals surface area (Å²) < 4.78 is 5.66. The minimum Gasteiger partial charge on any atom is -0.489 e. The number of ether oxygens (including phenoxy) is 1. The SMILES string of the molecule is CCC(CCO)NC(=O)NCC(C)Oc1ccc(Cl)cc1. The van der Waals surface area contributed by atoms with Crippen LogP contribution in [0.2, 0.25) is 5.02 Å². The number of hydrogen-bond acceptors (Lipinski definition) is 3. The Bertz CT molecular complexity index is 425. The summed E-state index contributed by atoms with van der Waals surface area (Å²) in [6.45, 7) is 4.30. The summed E-state index contributed by atoms with van der Waals surface area (Å²) in [7, 11) is 0. The molecule has 3 N–H and O–H groups in total. The van der Waals surface area contributed by atoms with Crippen LogP contribution in [0, 0.1) is 0 Å². The first kappa shape index (κ1) is 17.6. The number of benzene rings is 1. The van der Waals surface area contributed by atoms with Gasteiger partial charge >= 0.3 is 6.03 Å². The molecule has 0 aliphatic heterocycles. The number of aliphatic hydroxyl groups excluding tert-OH is 1. The van der Waals surface area contributed by atoms with Gasteiger partial charge in [0.2, 0.25) is 0 Å². The second kappa shape index (κ2) is 9.47. The van der Waals surface area contributed by atoms with Gasteiger partial charge in [-0.25, -0.2) is 4.79 Å². The van der Waals surface area contributed by atoms with E-state index in [0.29, 0.717) is 23.7 Å². The summed E-state index contributed by atoms with van der Waals surface area (Å²) in [5.41, 5.74) is 0. The zero-order chi connectivity index (χ0) is 15.7. The van der Waals surface area contributed by atoms with Gasteiger partial charge in [0.1, 0.15) is 11.9 Å². The summed E-state index contributed by atoms with van der Waals surface area (Å²) >= 11 is 5.80. The molecular formula is C15H23ClN2O3. The van der Waals surface area contributed by atoms with Crippen LogP contribution in [0.1, 0.15) is 26.7 Å². The van der Waals surface area contributed by atoms with Gasteiger partial charge in [-0.3, -0.25) is 0 Å². The largest absolute Gasteiger partial charge is 0.489 e. The number of nitrogens with one attached hydrogen (secondary N) is 2. The van der Waals surface area contributed by atoms with E-state index in [4.69, 9.17) is 21.4 Å². The Labute approximate surface area is 130 Å². The minimum atomic E-state index is -0.248. The van der Waals surface area contributed by atoms with Gasteiger partial charge in [0.05, 0.1) is 6.54 Å². The van der Waals surface area contributed by atoms with Crippen molar-refractivity contribution in [3.63, 3.8) is 0 Å². The first-order valence-corrected chi connectivity index (χ1v) is 7.50. The van der Waals surface area contributed by atoms with Crippen LogP contribution in [0.4, 0.5) is 4.79 Å². The van der Waals surface area contributed by atoms with E-state index in [1.165, 1.54) is 0 Å². The molecule has 0 saturated heterocycles. The van der Waals surface area contributed by atoms with Gasteiger partial charge in [-0.15, -0.1) is 0 Å². The Morgan fingerprint density at radius 1 is 1.38 bits per heavy atom. The summed E-state index contributed by atoms with van der Waals surface area (Å²) in [6.07, 6.45) is 1.18. The minimum absolute atomic E-state index is 0.0116. The van der Waals surface area contributed by atoms with Gasteiger partial charge in [0.25, 0.3) is 0 Å². The number of hydrogen-bond donors (Lipinski definition) is 3. The van der Waals surface area contributed by atoms with Crippen molar-refractivity contribution >= 4 is 17.6 Å². The van der Waals surface area contributed by atoms with Gasteiger partial charge in [0.15, 0.2) is 0 Å².